The summed E-state index contributed by atoms with van der Waals surface area (Å²) in [5.74, 6) is -2.59. The molecular formula is C21H33N7O5. The second-order valence-corrected chi connectivity index (χ2v) is 8.59. The Balaban J connectivity index is 2.00. The molecule has 0 aliphatic carbocycles. The summed E-state index contributed by atoms with van der Waals surface area (Å²) in [6.07, 6.45) is 4.17. The minimum absolute atomic E-state index is 0.131. The molecule has 1 aromatic heterocycles. The Labute approximate surface area is 192 Å². The fraction of sp³-hybridized carbons (Fsp3) is 0.619. The van der Waals surface area contributed by atoms with E-state index < -0.39 is 41.9 Å². The van der Waals surface area contributed by atoms with Crippen LogP contribution in [0.4, 0.5) is 0 Å². The van der Waals surface area contributed by atoms with Gasteiger partial charge in [0.15, 0.2) is 0 Å². The van der Waals surface area contributed by atoms with E-state index in [-0.39, 0.29) is 24.2 Å². The third-order valence-electron chi connectivity index (χ3n) is 5.52. The van der Waals surface area contributed by atoms with Gasteiger partial charge in [-0.25, -0.2) is 4.98 Å². The van der Waals surface area contributed by atoms with Gasteiger partial charge in [0.25, 0.3) is 0 Å². The number of hydrogen-bond donors (Lipinski definition) is 5. The van der Waals surface area contributed by atoms with Crippen molar-refractivity contribution in [3.63, 3.8) is 0 Å². The van der Waals surface area contributed by atoms with Crippen molar-refractivity contribution in [3.05, 3.63) is 18.2 Å². The van der Waals surface area contributed by atoms with Crippen LogP contribution in [-0.2, 0) is 30.4 Å². The van der Waals surface area contributed by atoms with Gasteiger partial charge in [0, 0.05) is 31.8 Å². The van der Waals surface area contributed by atoms with E-state index in [2.05, 4.69) is 25.9 Å². The zero-order chi connectivity index (χ0) is 24.7. The van der Waals surface area contributed by atoms with Gasteiger partial charge in [-0.2, -0.15) is 0 Å². The first kappa shape index (κ1) is 25.8. The fourth-order valence-corrected chi connectivity index (χ4v) is 3.73. The molecule has 0 spiro atoms. The molecule has 0 aromatic carbocycles. The summed E-state index contributed by atoms with van der Waals surface area (Å²) in [7, 11) is 0. The van der Waals surface area contributed by atoms with E-state index >= 15 is 0 Å². The number of aromatic amines is 1. The van der Waals surface area contributed by atoms with E-state index in [9.17, 15) is 24.0 Å². The van der Waals surface area contributed by atoms with E-state index in [0.29, 0.717) is 25.1 Å². The number of nitrogens with one attached hydrogen (secondary N) is 4. The number of nitrogens with zero attached hydrogens (tertiary/aromatic N) is 2. The van der Waals surface area contributed by atoms with E-state index in [0.717, 1.165) is 0 Å². The standard InChI is InChI=1S/C21H33N7O5/c1-11(2)17(26-13(4)29)21(33)28-7-5-6-16(28)20(32)25-12(3)19(31)27-15(18(22)30)8-14-9-23-10-24-14/h9-12,15-17H,5-8H2,1-4H3,(H2,22,30)(H,23,24)(H,25,32)(H,26,29)(H,27,31)/t12-,15-,16-,17-/m0/s1. The quantitative estimate of drug-likeness (QED) is 0.284. The molecule has 33 heavy (non-hydrogen) atoms. The number of hydrogen-bond acceptors (Lipinski definition) is 6. The van der Waals surface area contributed by atoms with E-state index in [4.69, 9.17) is 5.73 Å². The number of carbonyl (C=O) groups is 5. The summed E-state index contributed by atoms with van der Waals surface area (Å²) in [6.45, 7) is 6.83. The van der Waals surface area contributed by atoms with Gasteiger partial charge >= 0.3 is 0 Å². The van der Waals surface area contributed by atoms with E-state index in [1.807, 2.05) is 13.8 Å². The molecule has 1 fully saturated rings. The summed E-state index contributed by atoms with van der Waals surface area (Å²) >= 11 is 0. The zero-order valence-electron chi connectivity index (χ0n) is 19.4. The predicted molar refractivity (Wildman–Crippen MR) is 118 cm³/mol. The van der Waals surface area contributed by atoms with Crippen molar-refractivity contribution in [2.45, 2.75) is 71.1 Å². The average molecular weight is 464 g/mol. The van der Waals surface area contributed by atoms with Crippen LogP contribution in [-0.4, -0.2) is 75.1 Å². The van der Waals surface area contributed by atoms with Crippen molar-refractivity contribution in [2.75, 3.05) is 6.54 Å². The van der Waals surface area contributed by atoms with Crippen molar-refractivity contribution in [1.82, 2.24) is 30.8 Å². The van der Waals surface area contributed by atoms with Gasteiger partial charge in [-0.3, -0.25) is 24.0 Å². The normalized spacial score (nSPS) is 18.3. The minimum atomic E-state index is -0.980. The van der Waals surface area contributed by atoms with Crippen LogP contribution in [0.25, 0.3) is 0 Å². The molecule has 0 saturated carbocycles. The Hall–Kier alpha value is -3.44. The van der Waals surface area contributed by atoms with Gasteiger partial charge < -0.3 is 31.6 Å². The van der Waals surface area contributed by atoms with Gasteiger partial charge in [0.05, 0.1) is 6.33 Å². The maximum Gasteiger partial charge on any atom is 0.246 e. The smallest absolute Gasteiger partial charge is 0.246 e. The molecule has 0 radical (unpaired) electrons. The number of aromatic nitrogens is 2. The molecule has 1 saturated heterocycles. The van der Waals surface area contributed by atoms with Crippen molar-refractivity contribution in [1.29, 1.82) is 0 Å². The van der Waals surface area contributed by atoms with Crippen LogP contribution < -0.4 is 21.7 Å². The molecule has 0 unspecified atom stereocenters. The van der Waals surface area contributed by atoms with E-state index in [1.54, 1.807) is 0 Å². The first-order valence-corrected chi connectivity index (χ1v) is 11.0. The summed E-state index contributed by atoms with van der Waals surface area (Å²) in [5.41, 5.74) is 6.01. The molecular weight excluding hydrogens is 430 g/mol. The predicted octanol–water partition coefficient (Wildman–Crippen LogP) is -1.42. The van der Waals surface area contributed by atoms with Crippen molar-refractivity contribution in [2.24, 2.45) is 11.7 Å². The maximum absolute atomic E-state index is 13.0. The van der Waals surface area contributed by atoms with Crippen LogP contribution in [0.1, 0.15) is 46.2 Å². The highest BCUT2D eigenvalue weighted by Crippen LogP contribution is 2.20. The summed E-state index contributed by atoms with van der Waals surface area (Å²) in [6, 6.07) is -3.43. The Morgan fingerprint density at radius 2 is 1.88 bits per heavy atom. The maximum atomic E-state index is 13.0. The van der Waals surface area contributed by atoms with Crippen LogP contribution >= 0.6 is 0 Å². The molecule has 1 aromatic rings. The highest BCUT2D eigenvalue weighted by molar-refractivity contribution is 5.95. The molecule has 0 bridgehead atoms. The van der Waals surface area contributed by atoms with Gasteiger partial charge in [0.1, 0.15) is 24.2 Å². The second-order valence-electron chi connectivity index (χ2n) is 8.59. The molecule has 5 amide bonds. The van der Waals surface area contributed by atoms with Crippen LogP contribution in [0.5, 0.6) is 0 Å². The molecule has 2 heterocycles. The molecule has 1 aliphatic rings. The Morgan fingerprint density at radius 3 is 2.42 bits per heavy atom. The van der Waals surface area contributed by atoms with Crippen LogP contribution in [0.3, 0.4) is 0 Å². The lowest BCUT2D eigenvalue weighted by molar-refractivity contribution is -0.142. The van der Waals surface area contributed by atoms with Crippen LogP contribution in [0, 0.1) is 5.92 Å². The summed E-state index contributed by atoms with van der Waals surface area (Å²) in [5, 5.41) is 7.80. The Morgan fingerprint density at radius 1 is 1.18 bits per heavy atom. The molecule has 1 aliphatic heterocycles. The minimum Gasteiger partial charge on any atom is -0.368 e. The van der Waals surface area contributed by atoms with Gasteiger partial charge in [-0.05, 0) is 25.7 Å². The molecule has 2 rings (SSSR count). The number of H-pyrrole nitrogens is 1. The highest BCUT2D eigenvalue weighted by Gasteiger charge is 2.39. The zero-order valence-corrected chi connectivity index (χ0v) is 19.4. The third-order valence-corrected chi connectivity index (χ3v) is 5.52. The molecule has 12 heteroatoms. The Kier molecular flexibility index (Phi) is 8.94. The van der Waals surface area contributed by atoms with Gasteiger partial charge in [0.2, 0.25) is 29.5 Å². The largest absolute Gasteiger partial charge is 0.368 e. The molecule has 6 N–H and O–H groups in total. The average Bonchev–Trinajstić information content (AvgIpc) is 3.42. The first-order chi connectivity index (χ1) is 15.5. The van der Waals surface area contributed by atoms with Gasteiger partial charge in [-0.15, -0.1) is 0 Å². The lowest BCUT2D eigenvalue weighted by Crippen LogP contribution is -2.57. The lowest BCUT2D eigenvalue weighted by atomic mass is 10.0. The lowest BCUT2D eigenvalue weighted by Gasteiger charge is -2.30. The van der Waals surface area contributed by atoms with Crippen molar-refractivity contribution < 1.29 is 24.0 Å². The number of carbonyl (C=O) groups excluding carboxylic acids is 5. The molecule has 12 nitrogen and oxygen atoms in total. The van der Waals surface area contributed by atoms with Gasteiger partial charge in [-0.1, -0.05) is 13.8 Å². The summed E-state index contributed by atoms with van der Waals surface area (Å²) < 4.78 is 0. The van der Waals surface area contributed by atoms with Crippen molar-refractivity contribution in [3.8, 4) is 0 Å². The van der Waals surface area contributed by atoms with Crippen molar-refractivity contribution >= 4 is 29.5 Å². The van der Waals surface area contributed by atoms with E-state index in [1.165, 1.54) is 31.3 Å². The second kappa shape index (κ2) is 11.4. The SMILES string of the molecule is CC(=O)N[C@H](C(=O)N1CCC[C@H]1C(=O)N[C@@H](C)C(=O)N[C@@H](Cc1cnc[nH]1)C(N)=O)C(C)C. The van der Waals surface area contributed by atoms with Crippen LogP contribution in [0.15, 0.2) is 12.5 Å². The molecule has 182 valence electrons. The fourth-order valence-electron chi connectivity index (χ4n) is 3.73. The monoisotopic (exact) mass is 463 g/mol. The number of imidazole rings is 1. The molecule has 4 atom stereocenters. The topological polar surface area (TPSA) is 179 Å². The number of amides is 5. The number of nitrogens with two attached hydrogens (primary N) is 1. The third kappa shape index (κ3) is 7.02. The first-order valence-electron chi connectivity index (χ1n) is 11.0. The number of rotatable bonds is 10. The Bertz CT molecular complexity index is 870. The highest BCUT2D eigenvalue weighted by atomic mass is 16.2. The summed E-state index contributed by atoms with van der Waals surface area (Å²) in [4.78, 5) is 69.9. The van der Waals surface area contributed by atoms with Crippen LogP contribution in [0.2, 0.25) is 0 Å². The number of primary amides is 1. The number of likely N-dealkylation sites (tertiary alicyclic amines) is 1.